The first-order valence-electron chi connectivity index (χ1n) is 11.1. The monoisotopic (exact) mass is 457 g/mol. The van der Waals surface area contributed by atoms with Gasteiger partial charge in [0.25, 0.3) is 0 Å². The highest BCUT2D eigenvalue weighted by Gasteiger charge is 2.16. The average Bonchev–Trinajstić information content (AvgIpc) is 2.82. The summed E-state index contributed by atoms with van der Waals surface area (Å²) in [5, 5.41) is 7.71. The van der Waals surface area contributed by atoms with Crippen LogP contribution in [-0.4, -0.2) is 48.1 Å². The Bertz CT molecular complexity index is 1200. The van der Waals surface area contributed by atoms with Crippen molar-refractivity contribution in [3.63, 3.8) is 0 Å². The van der Waals surface area contributed by atoms with E-state index in [2.05, 4.69) is 94.9 Å². The second-order valence-electron chi connectivity index (χ2n) is 8.66. The molecule has 1 N–H and O–H groups in total. The topological polar surface area (TPSA) is 44.3 Å². The van der Waals surface area contributed by atoms with Gasteiger partial charge in [-0.05, 0) is 61.5 Å². The van der Waals surface area contributed by atoms with Gasteiger partial charge >= 0.3 is 0 Å². The summed E-state index contributed by atoms with van der Waals surface area (Å²) in [7, 11) is 2.16. The zero-order valence-electron chi connectivity index (χ0n) is 19.6. The molecule has 0 radical (unpaired) electrons. The molecule has 0 unspecified atom stereocenters. The zero-order chi connectivity index (χ0) is 23.4. The van der Waals surface area contributed by atoms with E-state index in [4.69, 9.17) is 0 Å². The van der Waals surface area contributed by atoms with E-state index in [0.717, 1.165) is 70.3 Å². The van der Waals surface area contributed by atoms with Crippen molar-refractivity contribution >= 4 is 44.8 Å². The maximum absolute atomic E-state index is 4.59. The Morgan fingerprint density at radius 3 is 2.52 bits per heavy atom. The molecule has 0 spiro atoms. The van der Waals surface area contributed by atoms with Crippen LogP contribution in [0, 0.1) is 0 Å². The third-order valence-corrected chi connectivity index (χ3v) is 6.79. The van der Waals surface area contributed by atoms with Gasteiger partial charge in [0.1, 0.15) is 11.6 Å². The number of anilines is 2. The molecule has 1 fully saturated rings. The molecule has 1 saturated heterocycles. The lowest BCUT2D eigenvalue weighted by atomic mass is 10.1. The third-order valence-electron chi connectivity index (χ3n) is 5.68. The number of nitrogens with zero attached hydrogens (tertiary/aromatic N) is 4. The van der Waals surface area contributed by atoms with Crippen LogP contribution in [0.4, 0.5) is 11.6 Å². The summed E-state index contributed by atoms with van der Waals surface area (Å²) in [6, 6.07) is 12.5. The summed E-state index contributed by atoms with van der Waals surface area (Å²) in [6.07, 6.45) is 3.74. The number of benzene rings is 1. The van der Waals surface area contributed by atoms with Gasteiger partial charge in [-0.1, -0.05) is 42.6 Å². The van der Waals surface area contributed by atoms with Crippen LogP contribution in [-0.2, 0) is 0 Å². The van der Waals surface area contributed by atoms with Crippen molar-refractivity contribution in [1.29, 1.82) is 0 Å². The van der Waals surface area contributed by atoms with E-state index < -0.39 is 0 Å². The van der Waals surface area contributed by atoms with Crippen molar-refractivity contribution in [2.45, 2.75) is 13.8 Å². The van der Waals surface area contributed by atoms with Gasteiger partial charge in [-0.25, -0.2) is 9.97 Å². The number of fused-ring (bicyclic) bond motifs is 1. The number of rotatable bonds is 7. The van der Waals surface area contributed by atoms with E-state index in [1.807, 2.05) is 18.5 Å². The van der Waals surface area contributed by atoms with Crippen LogP contribution in [0.1, 0.15) is 25.0 Å². The van der Waals surface area contributed by atoms with Crippen LogP contribution in [0.15, 0.2) is 72.9 Å². The van der Waals surface area contributed by atoms with E-state index in [0.29, 0.717) is 0 Å². The van der Waals surface area contributed by atoms with Crippen molar-refractivity contribution in [2.24, 2.45) is 0 Å². The molecule has 3 heterocycles. The van der Waals surface area contributed by atoms with E-state index in [1.54, 1.807) is 11.8 Å². The number of pyridine rings is 2. The number of piperazine rings is 1. The molecule has 6 heteroatoms. The Hall–Kier alpha value is -3.09. The lowest BCUT2D eigenvalue weighted by Crippen LogP contribution is -2.44. The van der Waals surface area contributed by atoms with Crippen molar-refractivity contribution in [1.82, 2.24) is 14.9 Å². The first-order chi connectivity index (χ1) is 15.9. The summed E-state index contributed by atoms with van der Waals surface area (Å²) in [4.78, 5) is 14.9. The highest BCUT2D eigenvalue weighted by molar-refractivity contribution is 8.10. The molecule has 2 aromatic heterocycles. The van der Waals surface area contributed by atoms with Gasteiger partial charge in [0.2, 0.25) is 0 Å². The molecule has 170 valence electrons. The first kappa shape index (κ1) is 23.1. The van der Waals surface area contributed by atoms with Crippen molar-refractivity contribution < 1.29 is 0 Å². The Morgan fingerprint density at radius 1 is 0.970 bits per heavy atom. The number of likely N-dealkylation sites (N-methyl/N-ethyl adjacent to an activating group) is 1. The molecular formula is C27H31N5S. The molecule has 3 aromatic rings. The van der Waals surface area contributed by atoms with E-state index in [9.17, 15) is 0 Å². The predicted octanol–water partition coefficient (Wildman–Crippen LogP) is 6.09. The third kappa shape index (κ3) is 5.83. The quantitative estimate of drug-likeness (QED) is 0.463. The van der Waals surface area contributed by atoms with E-state index in [1.165, 1.54) is 5.57 Å². The molecule has 0 aliphatic carbocycles. The second-order valence-corrected chi connectivity index (χ2v) is 9.63. The van der Waals surface area contributed by atoms with Crippen LogP contribution in [0.2, 0.25) is 0 Å². The fraction of sp³-hybridized carbons (Fsp3) is 0.259. The lowest BCUT2D eigenvalue weighted by molar-refractivity contribution is 0.312. The van der Waals surface area contributed by atoms with Crippen LogP contribution >= 0.6 is 11.8 Å². The summed E-state index contributed by atoms with van der Waals surface area (Å²) >= 11 is 1.66. The molecule has 0 bridgehead atoms. The fourth-order valence-corrected chi connectivity index (χ4v) is 4.32. The summed E-state index contributed by atoms with van der Waals surface area (Å²) in [5.41, 5.74) is 4.20. The number of nitrogens with one attached hydrogen (secondary N) is 1. The maximum Gasteiger partial charge on any atom is 0.130 e. The Kier molecular flexibility index (Phi) is 7.16. The normalized spacial score (nSPS) is 14.2. The average molecular weight is 458 g/mol. The predicted molar refractivity (Wildman–Crippen MR) is 144 cm³/mol. The highest BCUT2D eigenvalue weighted by Crippen LogP contribution is 2.30. The number of aromatic nitrogens is 2. The molecule has 1 aliphatic heterocycles. The molecule has 0 atom stereocenters. The van der Waals surface area contributed by atoms with Gasteiger partial charge in [-0.2, -0.15) is 0 Å². The first-order valence-corrected chi connectivity index (χ1v) is 12.0. The van der Waals surface area contributed by atoms with Gasteiger partial charge < -0.3 is 15.1 Å². The molecule has 1 aliphatic rings. The van der Waals surface area contributed by atoms with Gasteiger partial charge in [-0.3, -0.25) is 0 Å². The van der Waals surface area contributed by atoms with Gasteiger partial charge in [-0.15, -0.1) is 0 Å². The molecule has 0 saturated carbocycles. The molecule has 0 amide bonds. The SMILES string of the molecule is C=C(Nc1cc2cc(C(=C)SC=C(C)C)ccc2cn1)c1ccnc(N2CCN(C)CC2)c1. The van der Waals surface area contributed by atoms with Crippen molar-refractivity contribution in [3.05, 3.63) is 84.1 Å². The van der Waals surface area contributed by atoms with Gasteiger partial charge in [0.05, 0.1) is 0 Å². The van der Waals surface area contributed by atoms with Crippen LogP contribution in [0.25, 0.3) is 21.4 Å². The molecule has 5 nitrogen and oxygen atoms in total. The summed E-state index contributed by atoms with van der Waals surface area (Å²) in [6.45, 7) is 16.7. The zero-order valence-corrected chi connectivity index (χ0v) is 20.5. The standard InChI is InChI=1S/C27H31N5S/c1-19(2)18-33-21(4)23-6-7-24-17-29-26(15-25(24)14-23)30-20(3)22-8-9-28-27(16-22)32-12-10-31(5)11-13-32/h6-9,14-18H,3-4,10-13H2,1-2,5H3,(H,29,30). The minimum Gasteiger partial charge on any atom is -0.354 e. The smallest absolute Gasteiger partial charge is 0.130 e. The summed E-state index contributed by atoms with van der Waals surface area (Å²) in [5.74, 6) is 1.76. The van der Waals surface area contributed by atoms with E-state index >= 15 is 0 Å². The number of thioether (sulfide) groups is 1. The minimum atomic E-state index is 0.769. The van der Waals surface area contributed by atoms with Crippen molar-refractivity contribution in [2.75, 3.05) is 43.4 Å². The largest absolute Gasteiger partial charge is 0.354 e. The highest BCUT2D eigenvalue weighted by atomic mass is 32.2. The second kappa shape index (κ2) is 10.2. The Balaban J connectivity index is 1.50. The minimum absolute atomic E-state index is 0.769. The molecular weight excluding hydrogens is 426 g/mol. The van der Waals surface area contributed by atoms with Crippen molar-refractivity contribution in [3.8, 4) is 0 Å². The number of hydrogen-bond donors (Lipinski definition) is 1. The number of hydrogen-bond acceptors (Lipinski definition) is 6. The molecule has 33 heavy (non-hydrogen) atoms. The van der Waals surface area contributed by atoms with Crippen LogP contribution < -0.4 is 10.2 Å². The van der Waals surface area contributed by atoms with Gasteiger partial charge in [0, 0.05) is 60.1 Å². The Labute approximate surface area is 200 Å². The van der Waals surface area contributed by atoms with E-state index in [-0.39, 0.29) is 0 Å². The lowest BCUT2D eigenvalue weighted by Gasteiger charge is -2.33. The maximum atomic E-state index is 4.59. The summed E-state index contributed by atoms with van der Waals surface area (Å²) < 4.78 is 0. The van der Waals surface area contributed by atoms with Crippen LogP contribution in [0.3, 0.4) is 0 Å². The molecule has 4 rings (SSSR count). The molecule has 1 aromatic carbocycles. The van der Waals surface area contributed by atoms with Crippen LogP contribution in [0.5, 0.6) is 0 Å². The fourth-order valence-electron chi connectivity index (χ4n) is 3.68. The Morgan fingerprint density at radius 2 is 1.76 bits per heavy atom. The van der Waals surface area contributed by atoms with Gasteiger partial charge in [0.15, 0.2) is 0 Å². The number of allylic oxidation sites excluding steroid dienone is 1.